The van der Waals surface area contributed by atoms with E-state index in [0.29, 0.717) is 6.61 Å². The van der Waals surface area contributed by atoms with E-state index >= 15 is 0 Å². The van der Waals surface area contributed by atoms with E-state index in [1.54, 1.807) is 0 Å². The van der Waals surface area contributed by atoms with Gasteiger partial charge in [-0.15, -0.1) is 5.10 Å². The molecule has 0 aliphatic heterocycles. The molecule has 0 amide bonds. The van der Waals surface area contributed by atoms with Gasteiger partial charge in [0, 0.05) is 0 Å². The molecule has 5 heteroatoms. The summed E-state index contributed by atoms with van der Waals surface area (Å²) in [6.45, 7) is 4.12. The molecule has 0 spiro atoms. The first-order valence-electron chi connectivity index (χ1n) is 4.27. The number of carbonyl (C=O) groups excluding carboxylic acids is 1. The molecular formula is C9H11N2O3. The van der Waals surface area contributed by atoms with Gasteiger partial charge in [0.2, 0.25) is 0 Å². The standard InChI is InChI=1S/C9H11N2O3/c1-6(2)5-14-9(13)7-3-4-10-11-8(7)12/h3-4,6H,5H2,1-2H3. The normalized spacial score (nSPS) is 10.2. The fourth-order valence-corrected chi connectivity index (χ4v) is 0.794. The number of hydrogen-bond acceptors (Lipinski definition) is 4. The molecular weight excluding hydrogens is 184 g/mol. The van der Waals surface area contributed by atoms with Gasteiger partial charge >= 0.3 is 11.8 Å². The number of rotatable bonds is 3. The van der Waals surface area contributed by atoms with Gasteiger partial charge in [-0.1, -0.05) is 13.8 Å². The monoisotopic (exact) mass is 195 g/mol. The second-order valence-corrected chi connectivity index (χ2v) is 3.24. The zero-order valence-corrected chi connectivity index (χ0v) is 8.06. The van der Waals surface area contributed by atoms with Gasteiger partial charge in [0.05, 0.1) is 12.8 Å². The van der Waals surface area contributed by atoms with Crippen LogP contribution >= 0.6 is 0 Å². The lowest BCUT2D eigenvalue weighted by Crippen LogP contribution is -2.10. The summed E-state index contributed by atoms with van der Waals surface area (Å²) in [6, 6.07) is 1.30. The van der Waals surface area contributed by atoms with Crippen LogP contribution in [-0.2, 0) is 9.84 Å². The highest BCUT2D eigenvalue weighted by Gasteiger charge is 2.15. The van der Waals surface area contributed by atoms with Crippen molar-refractivity contribution in [2.75, 3.05) is 6.61 Å². The number of hydrogen-bond donors (Lipinski definition) is 0. The molecule has 0 fully saturated rings. The van der Waals surface area contributed by atoms with E-state index in [9.17, 15) is 9.90 Å². The third-order valence-corrected chi connectivity index (χ3v) is 1.45. The number of carbonyl (C=O) groups is 1. The fourth-order valence-electron chi connectivity index (χ4n) is 0.794. The maximum Gasteiger partial charge on any atom is 0.343 e. The SMILES string of the molecule is CC(C)COC(=O)c1ccnnc1[O]. The molecule has 0 aliphatic carbocycles. The van der Waals surface area contributed by atoms with Crippen LogP contribution < -0.4 is 0 Å². The van der Waals surface area contributed by atoms with Crippen LogP contribution in [0.5, 0.6) is 5.88 Å². The minimum Gasteiger partial charge on any atom is -0.462 e. The summed E-state index contributed by atoms with van der Waals surface area (Å²) in [6.07, 6.45) is 1.29. The number of nitrogens with zero attached hydrogens (tertiary/aromatic N) is 2. The lowest BCUT2D eigenvalue weighted by molar-refractivity contribution is 0.0452. The molecule has 1 radical (unpaired) electrons. The molecule has 0 N–H and O–H groups in total. The molecule has 0 saturated carbocycles. The Bertz CT molecular complexity index is 326. The van der Waals surface area contributed by atoms with Crippen LogP contribution in [-0.4, -0.2) is 22.8 Å². The van der Waals surface area contributed by atoms with Crippen LogP contribution in [0.2, 0.25) is 0 Å². The summed E-state index contributed by atoms with van der Waals surface area (Å²) in [5, 5.41) is 17.6. The summed E-state index contributed by atoms with van der Waals surface area (Å²) in [7, 11) is 0. The highest BCUT2D eigenvalue weighted by molar-refractivity contribution is 5.91. The van der Waals surface area contributed by atoms with Gasteiger partial charge in [-0.2, -0.15) is 5.10 Å². The number of ether oxygens (including phenoxy) is 1. The predicted octanol–water partition coefficient (Wildman–Crippen LogP) is 1.43. The molecule has 0 bridgehead atoms. The molecule has 1 aromatic rings. The number of aromatic nitrogens is 2. The van der Waals surface area contributed by atoms with Crippen molar-refractivity contribution in [1.29, 1.82) is 0 Å². The Hall–Kier alpha value is -1.65. The van der Waals surface area contributed by atoms with Crippen molar-refractivity contribution in [2.24, 2.45) is 5.92 Å². The molecule has 75 valence electrons. The summed E-state index contributed by atoms with van der Waals surface area (Å²) in [5.74, 6) is -1.05. The zero-order chi connectivity index (χ0) is 10.6. The minimum absolute atomic E-state index is 0.0688. The van der Waals surface area contributed by atoms with E-state index < -0.39 is 11.8 Å². The Morgan fingerprint density at radius 1 is 1.57 bits per heavy atom. The summed E-state index contributed by atoms with van der Waals surface area (Å²) in [4.78, 5) is 11.3. The molecule has 1 rings (SSSR count). The Morgan fingerprint density at radius 3 is 2.86 bits per heavy atom. The average molecular weight is 195 g/mol. The van der Waals surface area contributed by atoms with E-state index in [4.69, 9.17) is 4.74 Å². The third kappa shape index (κ3) is 2.69. The van der Waals surface area contributed by atoms with Crippen LogP contribution in [0.4, 0.5) is 0 Å². The summed E-state index contributed by atoms with van der Waals surface area (Å²) >= 11 is 0. The molecule has 0 aliphatic rings. The van der Waals surface area contributed by atoms with Gasteiger partial charge in [-0.3, -0.25) is 5.11 Å². The maximum atomic E-state index is 11.3. The van der Waals surface area contributed by atoms with Gasteiger partial charge < -0.3 is 4.74 Å². The first-order chi connectivity index (χ1) is 6.61. The highest BCUT2D eigenvalue weighted by Crippen LogP contribution is 2.13. The van der Waals surface area contributed by atoms with Crippen molar-refractivity contribution in [3.63, 3.8) is 0 Å². The molecule has 0 saturated heterocycles. The summed E-state index contributed by atoms with van der Waals surface area (Å²) in [5.41, 5.74) is -0.0688. The van der Waals surface area contributed by atoms with E-state index in [-0.39, 0.29) is 11.5 Å². The minimum atomic E-state index is -0.652. The van der Waals surface area contributed by atoms with Crippen molar-refractivity contribution < 1.29 is 14.6 Å². The lowest BCUT2D eigenvalue weighted by Gasteiger charge is -2.06. The van der Waals surface area contributed by atoms with E-state index in [1.165, 1.54) is 12.3 Å². The second-order valence-electron chi connectivity index (χ2n) is 3.24. The van der Waals surface area contributed by atoms with Crippen molar-refractivity contribution in [2.45, 2.75) is 13.8 Å². The van der Waals surface area contributed by atoms with E-state index in [2.05, 4.69) is 10.2 Å². The molecule has 14 heavy (non-hydrogen) atoms. The van der Waals surface area contributed by atoms with Crippen LogP contribution in [0, 0.1) is 5.92 Å². The first kappa shape index (κ1) is 10.4. The van der Waals surface area contributed by atoms with Crippen LogP contribution in [0.25, 0.3) is 0 Å². The Kier molecular flexibility index (Phi) is 3.39. The quantitative estimate of drug-likeness (QED) is 0.684. The Labute approximate surface area is 81.7 Å². The predicted molar refractivity (Wildman–Crippen MR) is 47.3 cm³/mol. The number of esters is 1. The maximum absolute atomic E-state index is 11.3. The van der Waals surface area contributed by atoms with Gasteiger partial charge in [-0.25, -0.2) is 4.79 Å². The molecule has 0 unspecified atom stereocenters. The van der Waals surface area contributed by atoms with Crippen LogP contribution in [0.3, 0.4) is 0 Å². The zero-order valence-electron chi connectivity index (χ0n) is 8.06. The van der Waals surface area contributed by atoms with Crippen molar-refractivity contribution in [3.05, 3.63) is 17.8 Å². The topological polar surface area (TPSA) is 72.0 Å². The van der Waals surface area contributed by atoms with Gasteiger partial charge in [0.25, 0.3) is 0 Å². The molecule has 1 aromatic heterocycles. The Morgan fingerprint density at radius 2 is 2.29 bits per heavy atom. The molecule has 0 atom stereocenters. The smallest absolute Gasteiger partial charge is 0.343 e. The largest absolute Gasteiger partial charge is 0.462 e. The van der Waals surface area contributed by atoms with Crippen LogP contribution in [0.15, 0.2) is 12.3 Å². The van der Waals surface area contributed by atoms with E-state index in [0.717, 1.165) is 0 Å². The second kappa shape index (κ2) is 4.55. The average Bonchev–Trinajstić information content (AvgIpc) is 2.15. The van der Waals surface area contributed by atoms with Gasteiger partial charge in [0.1, 0.15) is 5.56 Å². The summed E-state index contributed by atoms with van der Waals surface area (Å²) < 4.78 is 4.86. The fraction of sp³-hybridized carbons (Fsp3) is 0.444. The molecule has 1 heterocycles. The van der Waals surface area contributed by atoms with Crippen LogP contribution in [0.1, 0.15) is 24.2 Å². The van der Waals surface area contributed by atoms with Crippen molar-refractivity contribution in [1.82, 2.24) is 10.2 Å². The Balaban J connectivity index is 2.65. The third-order valence-electron chi connectivity index (χ3n) is 1.45. The highest BCUT2D eigenvalue weighted by atomic mass is 16.5. The van der Waals surface area contributed by atoms with Crippen molar-refractivity contribution in [3.8, 4) is 5.88 Å². The van der Waals surface area contributed by atoms with E-state index in [1.807, 2.05) is 13.8 Å². The molecule has 5 nitrogen and oxygen atoms in total. The van der Waals surface area contributed by atoms with Gasteiger partial charge in [0.15, 0.2) is 0 Å². The van der Waals surface area contributed by atoms with Gasteiger partial charge in [-0.05, 0) is 12.0 Å². The lowest BCUT2D eigenvalue weighted by atomic mass is 10.2. The molecule has 0 aromatic carbocycles. The van der Waals surface area contributed by atoms with Crippen molar-refractivity contribution >= 4 is 5.97 Å². The first-order valence-corrected chi connectivity index (χ1v) is 4.27.